The summed E-state index contributed by atoms with van der Waals surface area (Å²) < 4.78 is 13.5. The molecule has 0 fully saturated rings. The number of rotatable bonds is 2. The quantitative estimate of drug-likeness (QED) is 0.592. The minimum absolute atomic E-state index is 0.0770. The van der Waals surface area contributed by atoms with E-state index >= 15 is 0 Å². The summed E-state index contributed by atoms with van der Waals surface area (Å²) in [5, 5.41) is 0. The molecule has 0 bridgehead atoms. The van der Waals surface area contributed by atoms with Crippen LogP contribution < -0.4 is 0 Å². The molecule has 2 nitrogen and oxygen atoms in total. The first-order chi connectivity index (χ1) is 6.07. The average Bonchev–Trinajstić information content (AvgIpc) is 2.08. The lowest BCUT2D eigenvalue weighted by atomic mass is 10.1. The van der Waals surface area contributed by atoms with Gasteiger partial charge in [-0.3, -0.25) is 9.59 Å². The van der Waals surface area contributed by atoms with Crippen molar-refractivity contribution in [2.75, 3.05) is 0 Å². The van der Waals surface area contributed by atoms with Crippen LogP contribution in [0.25, 0.3) is 0 Å². The first-order valence-electron chi connectivity index (χ1n) is 3.52. The average molecular weight is 245 g/mol. The maximum Gasteiger partial charge on any atom is 0.163 e. The van der Waals surface area contributed by atoms with E-state index in [1.807, 2.05) is 0 Å². The summed E-state index contributed by atoms with van der Waals surface area (Å²) in [7, 11) is 0. The van der Waals surface area contributed by atoms with Gasteiger partial charge in [-0.15, -0.1) is 0 Å². The molecular weight excluding hydrogens is 239 g/mol. The van der Waals surface area contributed by atoms with Gasteiger partial charge >= 0.3 is 0 Å². The summed E-state index contributed by atoms with van der Waals surface area (Å²) >= 11 is 2.93. The fourth-order valence-corrected chi connectivity index (χ4v) is 1.35. The third kappa shape index (κ3) is 1.83. The Morgan fingerprint density at radius 2 is 2.15 bits per heavy atom. The number of ketones is 1. The molecular formula is C9H6BrFO2. The highest BCUT2D eigenvalue weighted by molar-refractivity contribution is 9.10. The summed E-state index contributed by atoms with van der Waals surface area (Å²) in [5.74, 6) is -1.14. The Bertz CT molecular complexity index is 374. The van der Waals surface area contributed by atoms with Gasteiger partial charge in [0.2, 0.25) is 0 Å². The van der Waals surface area contributed by atoms with Crippen LogP contribution in [0.15, 0.2) is 16.6 Å². The molecule has 0 atom stereocenters. The number of Topliss-reactive ketones (excluding diaryl/α,β-unsaturated/α-hetero) is 1. The van der Waals surface area contributed by atoms with Crippen LogP contribution in [0.1, 0.15) is 27.6 Å². The van der Waals surface area contributed by atoms with Crippen LogP contribution in [0, 0.1) is 5.82 Å². The van der Waals surface area contributed by atoms with E-state index in [0.29, 0.717) is 6.29 Å². The second kappa shape index (κ2) is 3.79. The highest BCUT2D eigenvalue weighted by Crippen LogP contribution is 2.21. The molecule has 0 amide bonds. The molecule has 0 aromatic heterocycles. The number of carbonyl (C=O) groups is 2. The lowest BCUT2D eigenvalue weighted by molar-refractivity contribution is 0.100. The van der Waals surface area contributed by atoms with Crippen molar-refractivity contribution in [3.05, 3.63) is 33.5 Å². The lowest BCUT2D eigenvalue weighted by Crippen LogP contribution is -2.03. The fourth-order valence-electron chi connectivity index (χ4n) is 1.02. The molecule has 1 aromatic rings. The van der Waals surface area contributed by atoms with E-state index in [1.165, 1.54) is 19.1 Å². The Morgan fingerprint density at radius 1 is 1.54 bits per heavy atom. The Balaban J connectivity index is 3.50. The molecule has 1 aromatic carbocycles. The van der Waals surface area contributed by atoms with Crippen molar-refractivity contribution in [3.63, 3.8) is 0 Å². The Hall–Kier alpha value is -1.03. The van der Waals surface area contributed by atoms with Gasteiger partial charge in [0.1, 0.15) is 5.82 Å². The highest BCUT2D eigenvalue weighted by Gasteiger charge is 2.15. The normalized spacial score (nSPS) is 9.77. The molecule has 0 aliphatic rings. The van der Waals surface area contributed by atoms with Crippen molar-refractivity contribution in [2.24, 2.45) is 0 Å². The minimum atomic E-state index is -0.683. The van der Waals surface area contributed by atoms with Crippen LogP contribution >= 0.6 is 15.9 Å². The summed E-state index contributed by atoms with van der Waals surface area (Å²) in [6.45, 7) is 1.22. The van der Waals surface area contributed by atoms with E-state index in [2.05, 4.69) is 15.9 Å². The van der Waals surface area contributed by atoms with E-state index in [-0.39, 0.29) is 15.6 Å². The van der Waals surface area contributed by atoms with Crippen LogP contribution in [-0.2, 0) is 0 Å². The standard InChI is InChI=1S/C9H6BrFO2/c1-5(13)8-6(4-12)2-3-7(10)9(8)11/h2-4H,1H3. The van der Waals surface area contributed by atoms with Gasteiger partial charge in [0.05, 0.1) is 10.0 Å². The second-order valence-electron chi connectivity index (χ2n) is 2.50. The van der Waals surface area contributed by atoms with Crippen molar-refractivity contribution >= 4 is 28.0 Å². The van der Waals surface area contributed by atoms with Gasteiger partial charge in [0, 0.05) is 5.56 Å². The van der Waals surface area contributed by atoms with Crippen molar-refractivity contribution in [2.45, 2.75) is 6.92 Å². The zero-order chi connectivity index (χ0) is 10.0. The fraction of sp³-hybridized carbons (Fsp3) is 0.111. The lowest BCUT2D eigenvalue weighted by Gasteiger charge is -2.03. The first kappa shape index (κ1) is 10.1. The number of benzene rings is 1. The summed E-state index contributed by atoms with van der Waals surface area (Å²) in [6.07, 6.45) is 0.465. The minimum Gasteiger partial charge on any atom is -0.298 e. The topological polar surface area (TPSA) is 34.1 Å². The van der Waals surface area contributed by atoms with E-state index in [4.69, 9.17) is 0 Å². The smallest absolute Gasteiger partial charge is 0.163 e. The predicted molar refractivity (Wildman–Crippen MR) is 49.5 cm³/mol. The Kier molecular flexibility index (Phi) is 2.93. The largest absolute Gasteiger partial charge is 0.298 e. The number of carbonyl (C=O) groups excluding carboxylic acids is 2. The zero-order valence-corrected chi connectivity index (χ0v) is 8.39. The van der Waals surface area contributed by atoms with Crippen LogP contribution in [0.4, 0.5) is 4.39 Å². The van der Waals surface area contributed by atoms with Gasteiger partial charge in [-0.2, -0.15) is 0 Å². The molecule has 68 valence electrons. The van der Waals surface area contributed by atoms with Gasteiger partial charge in [-0.25, -0.2) is 4.39 Å². The number of halogens is 2. The molecule has 0 heterocycles. The maximum atomic E-state index is 13.3. The van der Waals surface area contributed by atoms with E-state index in [9.17, 15) is 14.0 Å². The molecule has 0 N–H and O–H groups in total. The van der Waals surface area contributed by atoms with E-state index < -0.39 is 11.6 Å². The molecule has 0 saturated carbocycles. The molecule has 0 aliphatic carbocycles. The predicted octanol–water partition coefficient (Wildman–Crippen LogP) is 2.60. The van der Waals surface area contributed by atoms with Crippen LogP contribution in [0.2, 0.25) is 0 Å². The number of aldehydes is 1. The number of hydrogen-bond acceptors (Lipinski definition) is 2. The molecule has 0 saturated heterocycles. The summed E-state index contributed by atoms with van der Waals surface area (Å²) in [6, 6.07) is 2.79. The van der Waals surface area contributed by atoms with E-state index in [1.54, 1.807) is 0 Å². The second-order valence-corrected chi connectivity index (χ2v) is 3.35. The van der Waals surface area contributed by atoms with Crippen molar-refractivity contribution < 1.29 is 14.0 Å². The Morgan fingerprint density at radius 3 is 2.62 bits per heavy atom. The molecule has 4 heteroatoms. The van der Waals surface area contributed by atoms with Gasteiger partial charge in [-0.1, -0.05) is 0 Å². The maximum absolute atomic E-state index is 13.3. The van der Waals surface area contributed by atoms with Crippen LogP contribution in [0.5, 0.6) is 0 Å². The third-order valence-corrected chi connectivity index (χ3v) is 2.22. The SMILES string of the molecule is CC(=O)c1c(C=O)ccc(Br)c1F. The van der Waals surface area contributed by atoms with Gasteiger partial charge in [0.15, 0.2) is 12.1 Å². The Labute approximate surface area is 82.9 Å². The number of hydrogen-bond donors (Lipinski definition) is 0. The van der Waals surface area contributed by atoms with Crippen molar-refractivity contribution in [1.82, 2.24) is 0 Å². The molecule has 0 aliphatic heterocycles. The van der Waals surface area contributed by atoms with Crippen molar-refractivity contribution in [3.8, 4) is 0 Å². The summed E-state index contributed by atoms with van der Waals surface area (Å²) in [5.41, 5.74) is -0.0856. The molecule has 1 rings (SSSR count). The van der Waals surface area contributed by atoms with Crippen molar-refractivity contribution in [1.29, 1.82) is 0 Å². The molecule has 0 radical (unpaired) electrons. The highest BCUT2D eigenvalue weighted by atomic mass is 79.9. The first-order valence-corrected chi connectivity index (χ1v) is 4.31. The van der Waals surface area contributed by atoms with Crippen LogP contribution in [0.3, 0.4) is 0 Å². The van der Waals surface area contributed by atoms with Gasteiger partial charge in [-0.05, 0) is 35.0 Å². The third-order valence-electron chi connectivity index (χ3n) is 1.61. The van der Waals surface area contributed by atoms with Gasteiger partial charge in [0.25, 0.3) is 0 Å². The zero-order valence-electron chi connectivity index (χ0n) is 6.80. The molecule has 0 spiro atoms. The summed E-state index contributed by atoms with van der Waals surface area (Å²) in [4.78, 5) is 21.4. The molecule has 13 heavy (non-hydrogen) atoms. The van der Waals surface area contributed by atoms with Crippen LogP contribution in [-0.4, -0.2) is 12.1 Å². The molecule has 0 unspecified atom stereocenters. The van der Waals surface area contributed by atoms with E-state index in [0.717, 1.165) is 0 Å². The van der Waals surface area contributed by atoms with Gasteiger partial charge < -0.3 is 0 Å². The monoisotopic (exact) mass is 244 g/mol.